The molecule has 158 valence electrons. The summed E-state index contributed by atoms with van der Waals surface area (Å²) in [6.45, 7) is 8.93. The van der Waals surface area contributed by atoms with E-state index in [1.807, 2.05) is 7.05 Å². The molecule has 1 aromatic carbocycles. The summed E-state index contributed by atoms with van der Waals surface area (Å²) in [5.74, 6) is 2.60. The zero-order valence-corrected chi connectivity index (χ0v) is 19.8. The van der Waals surface area contributed by atoms with Crippen LogP contribution in [0.2, 0.25) is 0 Å². The Balaban J connectivity index is 0.00000280. The van der Waals surface area contributed by atoms with Gasteiger partial charge in [0.2, 0.25) is 0 Å². The van der Waals surface area contributed by atoms with Gasteiger partial charge in [-0.1, -0.05) is 44.0 Å². The lowest BCUT2D eigenvalue weighted by molar-refractivity contribution is 0.0341. The number of aliphatic imine (C=N–C) groups is 1. The van der Waals surface area contributed by atoms with Crippen molar-refractivity contribution in [2.24, 2.45) is 16.8 Å². The summed E-state index contributed by atoms with van der Waals surface area (Å²) in [7, 11) is 1.86. The summed E-state index contributed by atoms with van der Waals surface area (Å²) >= 11 is 0. The Bertz CT molecular complexity index is 596. The first-order valence-electron chi connectivity index (χ1n) is 10.6. The van der Waals surface area contributed by atoms with Gasteiger partial charge in [0, 0.05) is 39.8 Å². The molecule has 1 aromatic rings. The Labute approximate surface area is 187 Å². The van der Waals surface area contributed by atoms with E-state index >= 15 is 0 Å². The fourth-order valence-electron chi connectivity index (χ4n) is 4.06. The molecule has 28 heavy (non-hydrogen) atoms. The number of ether oxygens (including phenoxy) is 1. The largest absolute Gasteiger partial charge is 0.379 e. The lowest BCUT2D eigenvalue weighted by Crippen LogP contribution is -2.40. The molecular weight excluding hydrogens is 463 g/mol. The smallest absolute Gasteiger partial charge is 0.191 e. The highest BCUT2D eigenvalue weighted by Gasteiger charge is 2.18. The van der Waals surface area contributed by atoms with Crippen molar-refractivity contribution in [3.05, 3.63) is 35.4 Å². The van der Waals surface area contributed by atoms with Gasteiger partial charge in [-0.2, -0.15) is 0 Å². The van der Waals surface area contributed by atoms with Crippen LogP contribution in [0.1, 0.15) is 43.7 Å². The van der Waals surface area contributed by atoms with Gasteiger partial charge in [-0.25, -0.2) is 0 Å². The third kappa shape index (κ3) is 7.52. The quantitative estimate of drug-likeness (QED) is 0.356. The third-order valence-electron chi connectivity index (χ3n) is 5.98. The summed E-state index contributed by atoms with van der Waals surface area (Å²) in [5, 5.41) is 7.04. The van der Waals surface area contributed by atoms with Crippen molar-refractivity contribution in [1.82, 2.24) is 15.5 Å². The Hall–Kier alpha value is -0.860. The molecule has 0 radical (unpaired) electrons. The molecule has 0 aromatic heterocycles. The lowest BCUT2D eigenvalue weighted by atomic mass is 9.83. The molecule has 2 N–H and O–H groups in total. The molecule has 0 amide bonds. The van der Waals surface area contributed by atoms with Gasteiger partial charge < -0.3 is 15.4 Å². The predicted octanol–water partition coefficient (Wildman–Crippen LogP) is 3.63. The molecule has 0 atom stereocenters. The molecule has 6 heteroatoms. The van der Waals surface area contributed by atoms with Crippen molar-refractivity contribution >= 4 is 29.9 Å². The van der Waals surface area contributed by atoms with Gasteiger partial charge in [0.15, 0.2) is 5.96 Å². The Morgan fingerprint density at radius 3 is 2.43 bits per heavy atom. The van der Waals surface area contributed by atoms with Crippen molar-refractivity contribution in [2.75, 3.05) is 39.9 Å². The van der Waals surface area contributed by atoms with Crippen LogP contribution in [0.4, 0.5) is 0 Å². The van der Waals surface area contributed by atoms with E-state index < -0.39 is 0 Å². The molecule has 5 nitrogen and oxygen atoms in total. The summed E-state index contributed by atoms with van der Waals surface area (Å²) in [6, 6.07) is 8.72. The maximum absolute atomic E-state index is 5.47. The number of nitrogens with zero attached hydrogens (tertiary/aromatic N) is 2. The van der Waals surface area contributed by atoms with Crippen molar-refractivity contribution in [3.63, 3.8) is 0 Å². The molecule has 0 spiro atoms. The minimum atomic E-state index is 0. The molecule has 0 unspecified atom stereocenters. The lowest BCUT2D eigenvalue weighted by Gasteiger charge is -2.28. The highest BCUT2D eigenvalue weighted by atomic mass is 127. The number of morpholine rings is 1. The standard InChI is InChI=1S/C22H36N4O.HI/c1-18-7-9-19(10-8-18)15-24-22(23-2)25-16-20-5-3-4-6-21(20)17-26-11-13-27-14-12-26;/h3-6,18-19H,7-17H2,1-2H3,(H2,23,24,25);1H. The first-order chi connectivity index (χ1) is 13.2. The van der Waals surface area contributed by atoms with E-state index in [1.54, 1.807) is 0 Å². The summed E-state index contributed by atoms with van der Waals surface area (Å²) < 4.78 is 5.47. The monoisotopic (exact) mass is 500 g/mol. The van der Waals surface area contributed by atoms with E-state index in [-0.39, 0.29) is 24.0 Å². The molecule has 0 bridgehead atoms. The van der Waals surface area contributed by atoms with Gasteiger partial charge in [0.05, 0.1) is 13.2 Å². The zero-order valence-electron chi connectivity index (χ0n) is 17.5. The van der Waals surface area contributed by atoms with Crippen LogP contribution in [0.25, 0.3) is 0 Å². The van der Waals surface area contributed by atoms with E-state index in [0.717, 1.165) is 63.7 Å². The fraction of sp³-hybridized carbons (Fsp3) is 0.682. The number of benzene rings is 1. The number of nitrogens with one attached hydrogen (secondary N) is 2. The number of guanidine groups is 1. The van der Waals surface area contributed by atoms with Crippen LogP contribution in [-0.2, 0) is 17.8 Å². The molecule has 2 aliphatic rings. The van der Waals surface area contributed by atoms with Crippen LogP contribution in [0, 0.1) is 11.8 Å². The highest BCUT2D eigenvalue weighted by Crippen LogP contribution is 2.27. The second-order valence-corrected chi connectivity index (χ2v) is 8.09. The van der Waals surface area contributed by atoms with E-state index in [2.05, 4.69) is 51.7 Å². The molecule has 3 rings (SSSR count). The molecule has 1 aliphatic carbocycles. The van der Waals surface area contributed by atoms with E-state index in [0.29, 0.717) is 0 Å². The van der Waals surface area contributed by atoms with Crippen molar-refractivity contribution < 1.29 is 4.74 Å². The Morgan fingerprint density at radius 2 is 1.75 bits per heavy atom. The van der Waals surface area contributed by atoms with Gasteiger partial charge in [0.1, 0.15) is 0 Å². The number of halogens is 1. The highest BCUT2D eigenvalue weighted by molar-refractivity contribution is 14.0. The average Bonchev–Trinajstić information content (AvgIpc) is 2.71. The second kappa shape index (κ2) is 12.6. The summed E-state index contributed by atoms with van der Waals surface area (Å²) in [6.07, 6.45) is 5.42. The maximum atomic E-state index is 5.47. The predicted molar refractivity (Wildman–Crippen MR) is 127 cm³/mol. The maximum Gasteiger partial charge on any atom is 0.191 e. The van der Waals surface area contributed by atoms with Crippen molar-refractivity contribution in [3.8, 4) is 0 Å². The number of hydrogen-bond donors (Lipinski definition) is 2. The van der Waals surface area contributed by atoms with Crippen molar-refractivity contribution in [2.45, 2.75) is 45.7 Å². The third-order valence-corrected chi connectivity index (χ3v) is 5.98. The summed E-state index contributed by atoms with van der Waals surface area (Å²) in [5.41, 5.74) is 2.74. The second-order valence-electron chi connectivity index (χ2n) is 8.09. The van der Waals surface area contributed by atoms with Crippen LogP contribution in [-0.4, -0.2) is 50.8 Å². The minimum Gasteiger partial charge on any atom is -0.379 e. The van der Waals surface area contributed by atoms with Gasteiger partial charge in [-0.05, 0) is 35.8 Å². The van der Waals surface area contributed by atoms with Crippen LogP contribution >= 0.6 is 24.0 Å². The SMILES string of the molecule is CN=C(NCc1ccccc1CN1CCOCC1)NCC1CCC(C)CC1.I. The van der Waals surface area contributed by atoms with Crippen LogP contribution in [0.3, 0.4) is 0 Å². The average molecular weight is 500 g/mol. The van der Waals surface area contributed by atoms with Crippen LogP contribution < -0.4 is 10.6 Å². The van der Waals surface area contributed by atoms with Gasteiger partial charge in [0.25, 0.3) is 0 Å². The van der Waals surface area contributed by atoms with E-state index in [4.69, 9.17) is 4.74 Å². The van der Waals surface area contributed by atoms with Gasteiger partial charge in [-0.3, -0.25) is 9.89 Å². The van der Waals surface area contributed by atoms with Crippen LogP contribution in [0.15, 0.2) is 29.3 Å². The zero-order chi connectivity index (χ0) is 18.9. The summed E-state index contributed by atoms with van der Waals surface area (Å²) in [4.78, 5) is 6.89. The molecule has 1 saturated heterocycles. The molecule has 1 heterocycles. The van der Waals surface area contributed by atoms with Crippen molar-refractivity contribution in [1.29, 1.82) is 0 Å². The molecule has 2 fully saturated rings. The topological polar surface area (TPSA) is 48.9 Å². The van der Waals surface area contributed by atoms with E-state index in [9.17, 15) is 0 Å². The fourth-order valence-corrected chi connectivity index (χ4v) is 4.06. The Kier molecular flexibility index (Phi) is 10.6. The molecule has 1 aliphatic heterocycles. The minimum absolute atomic E-state index is 0. The number of hydrogen-bond acceptors (Lipinski definition) is 3. The van der Waals surface area contributed by atoms with Crippen LogP contribution in [0.5, 0.6) is 0 Å². The normalized spacial score (nSPS) is 23.7. The van der Waals surface area contributed by atoms with E-state index in [1.165, 1.54) is 36.8 Å². The van der Waals surface area contributed by atoms with Gasteiger partial charge >= 0.3 is 0 Å². The first kappa shape index (κ1) is 23.4. The van der Waals surface area contributed by atoms with Gasteiger partial charge in [-0.15, -0.1) is 24.0 Å². The Morgan fingerprint density at radius 1 is 1.07 bits per heavy atom. The molecular formula is C22H37IN4O. The first-order valence-corrected chi connectivity index (χ1v) is 10.6. The molecule has 1 saturated carbocycles. The number of rotatable bonds is 6.